The van der Waals surface area contributed by atoms with Crippen LogP contribution in [0.5, 0.6) is 0 Å². The summed E-state index contributed by atoms with van der Waals surface area (Å²) in [6.07, 6.45) is 4.70. The minimum Gasteiger partial charge on any atom is -0.340 e. The molecule has 1 aromatic heterocycles. The number of aryl methyl sites for hydroxylation is 1. The number of aromatic nitrogens is 2. The second kappa shape index (κ2) is 8.28. The van der Waals surface area contributed by atoms with E-state index in [1.54, 1.807) is 17.1 Å². The van der Waals surface area contributed by atoms with Gasteiger partial charge in [0.1, 0.15) is 5.69 Å². The first-order valence-corrected chi connectivity index (χ1v) is 10.9. The topological polar surface area (TPSA) is 41.4 Å². The fourth-order valence-corrected chi connectivity index (χ4v) is 5.34. The highest BCUT2D eigenvalue weighted by molar-refractivity contribution is 5.92. The summed E-state index contributed by atoms with van der Waals surface area (Å²) in [6.45, 7) is 3.07. The molecule has 2 aliphatic carbocycles. The molecule has 1 amide bonds. The van der Waals surface area contributed by atoms with Gasteiger partial charge in [-0.15, -0.1) is 0 Å². The van der Waals surface area contributed by atoms with Gasteiger partial charge in [0.15, 0.2) is 0 Å². The highest BCUT2D eigenvalue weighted by Gasteiger charge is 2.56. The van der Waals surface area contributed by atoms with Crippen molar-refractivity contribution in [1.29, 1.82) is 0 Å². The van der Waals surface area contributed by atoms with Gasteiger partial charge in [-0.05, 0) is 36.5 Å². The lowest BCUT2D eigenvalue weighted by atomic mass is 9.89. The Balaban J connectivity index is 1.34. The molecule has 162 valence electrons. The van der Waals surface area contributed by atoms with Crippen LogP contribution in [0.3, 0.4) is 0 Å². The van der Waals surface area contributed by atoms with Crippen molar-refractivity contribution in [1.82, 2.24) is 19.4 Å². The molecule has 3 fully saturated rings. The highest BCUT2D eigenvalue weighted by atomic mass is 19.4. The summed E-state index contributed by atoms with van der Waals surface area (Å²) < 4.78 is 39.2. The molecule has 2 heterocycles. The molecule has 0 radical (unpaired) electrons. The number of rotatable bonds is 7. The monoisotopic (exact) mass is 412 g/mol. The van der Waals surface area contributed by atoms with Crippen LogP contribution in [-0.4, -0.2) is 64.2 Å². The number of fused-ring (bicyclic) bond motifs is 1. The van der Waals surface area contributed by atoms with Gasteiger partial charge in [-0.3, -0.25) is 4.79 Å². The summed E-state index contributed by atoms with van der Waals surface area (Å²) in [5, 5.41) is 0. The molecule has 2 unspecified atom stereocenters. The number of carbonyl (C=O) groups is 1. The lowest BCUT2D eigenvalue weighted by Crippen LogP contribution is -2.39. The molecular weight excluding hydrogens is 381 g/mol. The van der Waals surface area contributed by atoms with Crippen molar-refractivity contribution < 1.29 is 18.0 Å². The minimum atomic E-state index is -4.09. The molecule has 3 aliphatic rings. The number of alkyl halides is 3. The SMILES string of the molecule is Cn1cnc(C(=O)N(CC2CCCCC2)CC2C3CN(CCC(F)(F)F)CC32)c1. The maximum Gasteiger partial charge on any atom is 0.390 e. The maximum absolute atomic E-state index is 13.1. The van der Waals surface area contributed by atoms with Crippen molar-refractivity contribution in [3.63, 3.8) is 0 Å². The molecule has 0 aromatic carbocycles. The van der Waals surface area contributed by atoms with Crippen molar-refractivity contribution >= 4 is 5.91 Å². The van der Waals surface area contributed by atoms with E-state index in [2.05, 4.69) is 4.98 Å². The fraction of sp³-hybridized carbons (Fsp3) is 0.810. The Hall–Kier alpha value is -1.57. The molecule has 0 N–H and O–H groups in total. The molecule has 5 nitrogen and oxygen atoms in total. The molecule has 1 aliphatic heterocycles. The van der Waals surface area contributed by atoms with Gasteiger partial charge in [-0.1, -0.05) is 19.3 Å². The number of imidazole rings is 1. The van der Waals surface area contributed by atoms with Crippen LogP contribution < -0.4 is 0 Å². The zero-order valence-electron chi connectivity index (χ0n) is 17.1. The Morgan fingerprint density at radius 3 is 2.45 bits per heavy atom. The molecule has 8 heteroatoms. The van der Waals surface area contributed by atoms with E-state index in [1.165, 1.54) is 32.1 Å². The summed E-state index contributed by atoms with van der Waals surface area (Å²) in [5.74, 6) is 1.85. The van der Waals surface area contributed by atoms with E-state index in [9.17, 15) is 18.0 Å². The number of amides is 1. The minimum absolute atomic E-state index is 0.00456. The summed E-state index contributed by atoms with van der Waals surface area (Å²) in [4.78, 5) is 21.3. The third-order valence-electron chi connectivity index (χ3n) is 7.00. The zero-order valence-corrected chi connectivity index (χ0v) is 17.1. The molecule has 4 rings (SSSR count). The Morgan fingerprint density at radius 1 is 1.17 bits per heavy atom. The molecule has 1 saturated heterocycles. The molecule has 2 atom stereocenters. The third kappa shape index (κ3) is 5.13. The van der Waals surface area contributed by atoms with E-state index >= 15 is 0 Å². The lowest BCUT2D eigenvalue weighted by Gasteiger charge is -2.30. The molecule has 0 bridgehead atoms. The first kappa shape index (κ1) is 20.7. The molecule has 0 spiro atoms. The van der Waals surface area contributed by atoms with Gasteiger partial charge < -0.3 is 14.4 Å². The number of nitrogens with zero attached hydrogens (tertiary/aromatic N) is 4. The van der Waals surface area contributed by atoms with Crippen LogP contribution in [0.4, 0.5) is 13.2 Å². The molecule has 29 heavy (non-hydrogen) atoms. The molecule has 2 saturated carbocycles. The second-order valence-corrected chi connectivity index (χ2v) is 9.25. The molecular formula is C21H31F3N4O. The van der Waals surface area contributed by atoms with Gasteiger partial charge in [-0.2, -0.15) is 13.2 Å². The van der Waals surface area contributed by atoms with Crippen LogP contribution in [0.25, 0.3) is 0 Å². The van der Waals surface area contributed by atoms with Gasteiger partial charge in [0.05, 0.1) is 12.7 Å². The maximum atomic E-state index is 13.1. The van der Waals surface area contributed by atoms with Crippen LogP contribution in [0.1, 0.15) is 49.0 Å². The largest absolute Gasteiger partial charge is 0.390 e. The van der Waals surface area contributed by atoms with Gasteiger partial charge in [0.25, 0.3) is 5.91 Å². The lowest BCUT2D eigenvalue weighted by molar-refractivity contribution is -0.137. The summed E-state index contributed by atoms with van der Waals surface area (Å²) in [6, 6.07) is 0. The predicted molar refractivity (Wildman–Crippen MR) is 103 cm³/mol. The van der Waals surface area contributed by atoms with Crippen molar-refractivity contribution in [3.05, 3.63) is 18.2 Å². The average Bonchev–Trinajstić information content (AvgIpc) is 3.03. The van der Waals surface area contributed by atoms with Crippen LogP contribution in [0.2, 0.25) is 0 Å². The first-order chi connectivity index (χ1) is 13.8. The average molecular weight is 413 g/mol. The van der Waals surface area contributed by atoms with Crippen molar-refractivity contribution in [2.24, 2.45) is 30.7 Å². The highest BCUT2D eigenvalue weighted by Crippen LogP contribution is 2.52. The normalized spacial score (nSPS) is 27.8. The van der Waals surface area contributed by atoms with E-state index in [4.69, 9.17) is 0 Å². The fourth-order valence-electron chi connectivity index (χ4n) is 5.34. The van der Waals surface area contributed by atoms with Crippen molar-refractivity contribution in [2.45, 2.75) is 44.7 Å². The summed E-state index contributed by atoms with van der Waals surface area (Å²) in [7, 11) is 1.86. The van der Waals surface area contributed by atoms with Crippen LogP contribution in [0, 0.1) is 23.7 Å². The van der Waals surface area contributed by atoms with E-state index in [1.807, 2.05) is 16.8 Å². The number of piperidine rings is 1. The number of likely N-dealkylation sites (tertiary alicyclic amines) is 1. The van der Waals surface area contributed by atoms with Crippen LogP contribution in [-0.2, 0) is 7.05 Å². The number of hydrogen-bond donors (Lipinski definition) is 0. The quantitative estimate of drug-likeness (QED) is 0.688. The van der Waals surface area contributed by atoms with Gasteiger partial charge >= 0.3 is 6.18 Å². The number of hydrogen-bond acceptors (Lipinski definition) is 3. The summed E-state index contributed by atoms with van der Waals surface area (Å²) in [5.41, 5.74) is 0.487. The van der Waals surface area contributed by atoms with E-state index in [0.717, 1.165) is 19.6 Å². The van der Waals surface area contributed by atoms with E-state index in [-0.39, 0.29) is 12.5 Å². The zero-order chi connectivity index (χ0) is 20.6. The van der Waals surface area contributed by atoms with Gasteiger partial charge in [-0.25, -0.2) is 4.98 Å². The number of halogens is 3. The Morgan fingerprint density at radius 2 is 1.86 bits per heavy atom. The summed E-state index contributed by atoms with van der Waals surface area (Å²) >= 11 is 0. The number of carbonyl (C=O) groups excluding carboxylic acids is 1. The Bertz CT molecular complexity index is 701. The molecule has 1 aromatic rings. The Kier molecular flexibility index (Phi) is 5.91. The Labute approximate surface area is 170 Å². The van der Waals surface area contributed by atoms with E-state index in [0.29, 0.717) is 35.9 Å². The predicted octanol–water partition coefficient (Wildman–Crippen LogP) is 3.57. The van der Waals surface area contributed by atoms with Crippen LogP contribution >= 0.6 is 0 Å². The van der Waals surface area contributed by atoms with Crippen molar-refractivity contribution in [2.75, 3.05) is 32.7 Å². The van der Waals surface area contributed by atoms with Crippen LogP contribution in [0.15, 0.2) is 12.5 Å². The van der Waals surface area contributed by atoms with Crippen molar-refractivity contribution in [3.8, 4) is 0 Å². The van der Waals surface area contributed by atoms with E-state index < -0.39 is 12.6 Å². The van der Waals surface area contributed by atoms with Gasteiger partial charge in [0, 0.05) is 46.0 Å². The van der Waals surface area contributed by atoms with Gasteiger partial charge in [0.2, 0.25) is 0 Å². The second-order valence-electron chi connectivity index (χ2n) is 9.25. The third-order valence-corrected chi connectivity index (χ3v) is 7.00. The smallest absolute Gasteiger partial charge is 0.340 e. The first-order valence-electron chi connectivity index (χ1n) is 10.9. The standard InChI is InChI=1S/C21H31F3N4O/c1-26-13-19(25-14-26)20(29)28(9-15-5-3-2-4-6-15)12-18-16-10-27(11-17(16)18)8-7-21(22,23)24/h13-18H,2-12H2,1H3.